The van der Waals surface area contributed by atoms with Crippen LogP contribution in [0.3, 0.4) is 0 Å². The fourth-order valence-electron chi connectivity index (χ4n) is 4.32. The van der Waals surface area contributed by atoms with E-state index in [1.165, 1.54) is 18.2 Å². The molecule has 1 saturated carbocycles. The van der Waals surface area contributed by atoms with Crippen molar-refractivity contribution in [2.45, 2.75) is 110 Å². The summed E-state index contributed by atoms with van der Waals surface area (Å²) in [6, 6.07) is 2.71. The third-order valence-electron chi connectivity index (χ3n) is 6.08. The van der Waals surface area contributed by atoms with Crippen molar-refractivity contribution >= 4 is 24.4 Å². The second-order valence-corrected chi connectivity index (χ2v) is 12.1. The zero-order valence-corrected chi connectivity index (χ0v) is 24.9. The van der Waals surface area contributed by atoms with E-state index < -0.39 is 53.5 Å². The summed E-state index contributed by atoms with van der Waals surface area (Å²) in [6.45, 7) is 11.4. The first kappa shape index (κ1) is 33.7. The maximum Gasteiger partial charge on any atom is 0.514 e. The fraction of sp³-hybridized carbons (Fsp3) is 0.655. The van der Waals surface area contributed by atoms with Gasteiger partial charge in [0.25, 0.3) is 0 Å². The molecule has 1 fully saturated rings. The maximum absolute atomic E-state index is 12.5. The van der Waals surface area contributed by atoms with Gasteiger partial charge in [-0.2, -0.15) is 0 Å². The molecule has 3 N–H and O–H groups in total. The van der Waals surface area contributed by atoms with E-state index in [-0.39, 0.29) is 24.2 Å². The normalized spacial score (nSPS) is 16.5. The number of aliphatic carboxylic acids is 1. The minimum Gasteiger partial charge on any atom is -0.480 e. The lowest BCUT2D eigenvalue weighted by Gasteiger charge is -2.28. The van der Waals surface area contributed by atoms with Crippen LogP contribution >= 0.6 is 0 Å². The molecule has 12 nitrogen and oxygen atoms in total. The van der Waals surface area contributed by atoms with Gasteiger partial charge in [-0.3, -0.25) is 4.79 Å². The Morgan fingerprint density at radius 2 is 1.41 bits per heavy atom. The second kappa shape index (κ2) is 14.4. The Kier molecular flexibility index (Phi) is 11.8. The number of carboxylic acids is 1. The zero-order valence-electron chi connectivity index (χ0n) is 24.9. The van der Waals surface area contributed by atoms with Crippen LogP contribution in [0.25, 0.3) is 0 Å². The van der Waals surface area contributed by atoms with Gasteiger partial charge in [0, 0.05) is 5.92 Å². The number of carboxylic acid groups (broad SMARTS) is 1. The van der Waals surface area contributed by atoms with Crippen LogP contribution in [0.4, 0.5) is 14.4 Å². The zero-order chi connectivity index (χ0) is 31.0. The van der Waals surface area contributed by atoms with E-state index in [9.17, 15) is 24.3 Å². The molecule has 1 aliphatic rings. The molecule has 0 aliphatic heterocycles. The first-order chi connectivity index (χ1) is 18.9. The molecular weight excluding hydrogens is 538 g/mol. The maximum atomic E-state index is 12.5. The predicted octanol–water partition coefficient (Wildman–Crippen LogP) is 5.93. The smallest absolute Gasteiger partial charge is 0.480 e. The van der Waals surface area contributed by atoms with Crippen LogP contribution in [-0.2, 0) is 23.7 Å². The van der Waals surface area contributed by atoms with Gasteiger partial charge in [0.2, 0.25) is 0 Å². The van der Waals surface area contributed by atoms with Gasteiger partial charge in [0.15, 0.2) is 11.5 Å². The first-order valence-electron chi connectivity index (χ1n) is 13.7. The highest BCUT2D eigenvalue weighted by Crippen LogP contribution is 2.36. The van der Waals surface area contributed by atoms with Crippen LogP contribution in [0.2, 0.25) is 0 Å². The second-order valence-electron chi connectivity index (χ2n) is 12.1. The largest absolute Gasteiger partial charge is 0.514 e. The van der Waals surface area contributed by atoms with Crippen molar-refractivity contribution in [2.75, 3.05) is 6.61 Å². The summed E-state index contributed by atoms with van der Waals surface area (Å²) < 4.78 is 31.7. The summed E-state index contributed by atoms with van der Waals surface area (Å²) in [5.74, 6) is -3.21. The standard InChI is InChI=1S/C29H43NO11/c1-17(16-36-25(33)37-19-11-9-8-10-12-19)22(23(30)24(31)32)18-13-14-20(38-26(34)40-28(2,3)4)21(15-18)39-27(35)41-29(5,6)7/h13-15,17,19,22-23H,8-12,16,30H2,1-7H3,(H,31,32)/t17?,22?,23-/m0/s1. The van der Waals surface area contributed by atoms with Crippen molar-refractivity contribution in [1.29, 1.82) is 0 Å². The van der Waals surface area contributed by atoms with Gasteiger partial charge >= 0.3 is 24.4 Å². The van der Waals surface area contributed by atoms with Gasteiger partial charge in [-0.25, -0.2) is 14.4 Å². The first-order valence-corrected chi connectivity index (χ1v) is 13.7. The van der Waals surface area contributed by atoms with Gasteiger partial charge in [0.1, 0.15) is 23.3 Å². The molecular formula is C29H43NO11. The molecule has 0 heterocycles. The van der Waals surface area contributed by atoms with Crippen molar-refractivity contribution in [3.8, 4) is 11.5 Å². The number of benzene rings is 1. The molecule has 41 heavy (non-hydrogen) atoms. The molecule has 12 heteroatoms. The Morgan fingerprint density at radius 1 is 0.878 bits per heavy atom. The quantitative estimate of drug-likeness (QED) is 0.200. The molecule has 0 amide bonds. The van der Waals surface area contributed by atoms with E-state index in [1.54, 1.807) is 48.5 Å². The molecule has 2 unspecified atom stereocenters. The van der Waals surface area contributed by atoms with E-state index >= 15 is 0 Å². The van der Waals surface area contributed by atoms with Crippen LogP contribution in [0.15, 0.2) is 18.2 Å². The lowest BCUT2D eigenvalue weighted by Crippen LogP contribution is -2.40. The number of carbonyl (C=O) groups is 4. The summed E-state index contributed by atoms with van der Waals surface area (Å²) in [5, 5.41) is 9.73. The SMILES string of the molecule is CC(COC(=O)OC1CCCCC1)C(c1ccc(OC(=O)OC(C)(C)C)c(OC(=O)OC(C)(C)C)c1)[C@H](N)C(=O)O. The molecule has 1 aliphatic carbocycles. The third-order valence-corrected chi connectivity index (χ3v) is 6.08. The Labute approximate surface area is 240 Å². The van der Waals surface area contributed by atoms with Crippen molar-refractivity contribution in [1.82, 2.24) is 0 Å². The van der Waals surface area contributed by atoms with E-state index in [1.807, 2.05) is 0 Å². The molecule has 0 saturated heterocycles. The van der Waals surface area contributed by atoms with Gasteiger partial charge in [-0.15, -0.1) is 0 Å². The number of carbonyl (C=O) groups excluding carboxylic acids is 3. The highest BCUT2D eigenvalue weighted by atomic mass is 16.8. The number of hydrogen-bond donors (Lipinski definition) is 2. The summed E-state index contributed by atoms with van der Waals surface area (Å²) in [5.41, 5.74) is 4.66. The average Bonchev–Trinajstić information content (AvgIpc) is 2.82. The topological polar surface area (TPSA) is 170 Å². The van der Waals surface area contributed by atoms with E-state index in [2.05, 4.69) is 0 Å². The molecule has 0 radical (unpaired) electrons. The molecule has 1 aromatic rings. The molecule has 230 valence electrons. The third kappa shape index (κ3) is 11.8. The van der Waals surface area contributed by atoms with Crippen molar-refractivity contribution in [3.05, 3.63) is 23.8 Å². The molecule has 2 rings (SSSR count). The van der Waals surface area contributed by atoms with E-state index in [0.717, 1.165) is 32.1 Å². The minimum absolute atomic E-state index is 0.170. The molecule has 1 aromatic carbocycles. The van der Waals surface area contributed by atoms with Crippen molar-refractivity contribution < 1.29 is 52.7 Å². The minimum atomic E-state index is -1.42. The molecule has 0 aromatic heterocycles. The van der Waals surface area contributed by atoms with Crippen LogP contribution in [0, 0.1) is 5.92 Å². The summed E-state index contributed by atoms with van der Waals surface area (Å²) in [4.78, 5) is 49.0. The summed E-state index contributed by atoms with van der Waals surface area (Å²) in [6.07, 6.45) is 1.44. The highest BCUT2D eigenvalue weighted by Gasteiger charge is 2.33. The number of rotatable bonds is 9. The van der Waals surface area contributed by atoms with E-state index in [4.69, 9.17) is 34.2 Å². The van der Waals surface area contributed by atoms with Crippen LogP contribution < -0.4 is 15.2 Å². The Bertz CT molecular complexity index is 1070. The summed E-state index contributed by atoms with van der Waals surface area (Å²) >= 11 is 0. The Balaban J connectivity index is 2.32. The predicted molar refractivity (Wildman–Crippen MR) is 147 cm³/mol. The van der Waals surface area contributed by atoms with Crippen molar-refractivity contribution in [2.24, 2.45) is 11.7 Å². The highest BCUT2D eigenvalue weighted by molar-refractivity contribution is 5.75. The number of ether oxygens (including phenoxy) is 6. The van der Waals surface area contributed by atoms with E-state index in [0.29, 0.717) is 5.56 Å². The Hall–Kier alpha value is -3.54. The fourth-order valence-corrected chi connectivity index (χ4v) is 4.32. The monoisotopic (exact) mass is 581 g/mol. The van der Waals surface area contributed by atoms with Crippen LogP contribution in [0.1, 0.15) is 92.1 Å². The van der Waals surface area contributed by atoms with Gasteiger partial charge < -0.3 is 39.3 Å². The Morgan fingerprint density at radius 3 is 1.93 bits per heavy atom. The van der Waals surface area contributed by atoms with Crippen molar-refractivity contribution in [3.63, 3.8) is 0 Å². The molecule has 3 atom stereocenters. The average molecular weight is 582 g/mol. The van der Waals surface area contributed by atoms with Gasteiger partial charge in [0.05, 0.1) is 6.61 Å². The van der Waals surface area contributed by atoms with Gasteiger partial charge in [-0.1, -0.05) is 19.4 Å². The lowest BCUT2D eigenvalue weighted by atomic mass is 9.82. The lowest BCUT2D eigenvalue weighted by molar-refractivity contribution is -0.139. The number of nitrogens with two attached hydrogens (primary N) is 1. The van der Waals surface area contributed by atoms with Crippen LogP contribution in [0.5, 0.6) is 11.5 Å². The van der Waals surface area contributed by atoms with Crippen LogP contribution in [-0.4, -0.2) is 59.5 Å². The molecule has 0 bridgehead atoms. The molecule has 0 spiro atoms. The summed E-state index contributed by atoms with van der Waals surface area (Å²) in [7, 11) is 0. The number of hydrogen-bond acceptors (Lipinski definition) is 11. The van der Waals surface area contributed by atoms with Gasteiger partial charge in [-0.05, 0) is 90.8 Å².